The number of pyridine rings is 1. The fourth-order valence-corrected chi connectivity index (χ4v) is 4.69. The number of hydrogen-bond donors (Lipinski definition) is 1. The predicted octanol–water partition coefficient (Wildman–Crippen LogP) is 5.60. The number of carbonyl (C=O) groups is 2. The van der Waals surface area contributed by atoms with Gasteiger partial charge in [0.05, 0.1) is 18.7 Å². The Bertz CT molecular complexity index is 1510. The maximum absolute atomic E-state index is 13.3. The van der Waals surface area contributed by atoms with Gasteiger partial charge < -0.3 is 19.5 Å². The highest BCUT2D eigenvalue weighted by Crippen LogP contribution is 2.40. The average molecular weight is 521 g/mol. The Morgan fingerprint density at radius 2 is 1.59 bits per heavy atom. The van der Waals surface area contributed by atoms with Gasteiger partial charge in [0.2, 0.25) is 0 Å². The summed E-state index contributed by atoms with van der Waals surface area (Å²) in [4.78, 5) is 32.0. The summed E-state index contributed by atoms with van der Waals surface area (Å²) in [6.07, 6.45) is 3.27. The van der Waals surface area contributed by atoms with E-state index in [1.807, 2.05) is 25.1 Å². The van der Waals surface area contributed by atoms with E-state index in [2.05, 4.69) is 11.1 Å². The standard InChI is InChI=1S/C32H28N2O5/c1-21-4-3-5-23(18-21)20-39-27-12-8-25(9-13-27)30(35)28-29(24-6-10-26(38-2)11-7-24)34(32(37)31(28)36)19-22-14-16-33-17-15-22/h3-18,29,35H,19-20H2,1-2H3/b30-28+/t29-/m0/s1. The Morgan fingerprint density at radius 3 is 2.26 bits per heavy atom. The van der Waals surface area contributed by atoms with Gasteiger partial charge in [-0.2, -0.15) is 0 Å². The summed E-state index contributed by atoms with van der Waals surface area (Å²) >= 11 is 0. The molecule has 1 saturated heterocycles. The number of benzene rings is 3. The third-order valence-corrected chi connectivity index (χ3v) is 6.69. The topological polar surface area (TPSA) is 89.0 Å². The summed E-state index contributed by atoms with van der Waals surface area (Å²) in [5, 5.41) is 11.4. The van der Waals surface area contributed by atoms with Gasteiger partial charge in [0.1, 0.15) is 23.9 Å². The van der Waals surface area contributed by atoms with Crippen molar-refractivity contribution in [2.24, 2.45) is 0 Å². The second-order valence-electron chi connectivity index (χ2n) is 9.36. The molecule has 7 nitrogen and oxygen atoms in total. The summed E-state index contributed by atoms with van der Waals surface area (Å²) in [5.41, 5.74) is 4.16. The number of aliphatic hydroxyl groups excluding tert-OH is 1. The van der Waals surface area contributed by atoms with E-state index in [1.165, 1.54) is 4.90 Å². The molecule has 4 aromatic rings. The summed E-state index contributed by atoms with van der Waals surface area (Å²) in [6, 6.07) is 24.8. The van der Waals surface area contributed by atoms with Crippen LogP contribution in [0.2, 0.25) is 0 Å². The van der Waals surface area contributed by atoms with Gasteiger partial charge in [-0.15, -0.1) is 0 Å². The van der Waals surface area contributed by atoms with Crippen molar-refractivity contribution >= 4 is 17.4 Å². The first kappa shape index (κ1) is 25.7. The van der Waals surface area contributed by atoms with Crippen LogP contribution in [-0.2, 0) is 22.7 Å². The Morgan fingerprint density at radius 1 is 0.897 bits per heavy atom. The fraction of sp³-hybridized carbons (Fsp3) is 0.156. The van der Waals surface area contributed by atoms with Crippen molar-refractivity contribution in [2.75, 3.05) is 7.11 Å². The molecule has 3 aromatic carbocycles. The lowest BCUT2D eigenvalue weighted by atomic mass is 9.95. The number of hydrogen-bond acceptors (Lipinski definition) is 6. The maximum Gasteiger partial charge on any atom is 0.295 e. The number of ketones is 1. The summed E-state index contributed by atoms with van der Waals surface area (Å²) < 4.78 is 11.2. The Hall–Kier alpha value is -4.91. The quantitative estimate of drug-likeness (QED) is 0.185. The van der Waals surface area contributed by atoms with Crippen molar-refractivity contribution in [2.45, 2.75) is 26.1 Å². The first-order valence-corrected chi connectivity index (χ1v) is 12.5. The molecule has 0 spiro atoms. The molecule has 196 valence electrons. The van der Waals surface area contributed by atoms with Gasteiger partial charge in [-0.1, -0.05) is 42.0 Å². The van der Waals surface area contributed by atoms with Gasteiger partial charge >= 0.3 is 0 Å². The predicted molar refractivity (Wildman–Crippen MR) is 147 cm³/mol. The molecule has 7 heteroatoms. The van der Waals surface area contributed by atoms with Gasteiger partial charge in [-0.3, -0.25) is 14.6 Å². The van der Waals surface area contributed by atoms with Crippen LogP contribution in [0.3, 0.4) is 0 Å². The Labute approximate surface area is 227 Å². The second kappa shape index (κ2) is 11.2. The molecule has 1 aliphatic rings. The normalized spacial score (nSPS) is 16.4. The van der Waals surface area contributed by atoms with Crippen LogP contribution in [0, 0.1) is 6.92 Å². The highest BCUT2D eigenvalue weighted by molar-refractivity contribution is 6.46. The molecular weight excluding hydrogens is 492 g/mol. The summed E-state index contributed by atoms with van der Waals surface area (Å²) in [5.74, 6) is -0.380. The summed E-state index contributed by atoms with van der Waals surface area (Å²) in [7, 11) is 1.57. The molecule has 0 radical (unpaired) electrons. The van der Waals surface area contributed by atoms with Gasteiger partial charge in [0.25, 0.3) is 11.7 Å². The molecule has 5 rings (SSSR count). The molecule has 39 heavy (non-hydrogen) atoms. The number of aromatic nitrogens is 1. The van der Waals surface area contributed by atoms with E-state index in [4.69, 9.17) is 9.47 Å². The first-order valence-electron chi connectivity index (χ1n) is 12.5. The monoisotopic (exact) mass is 520 g/mol. The largest absolute Gasteiger partial charge is 0.507 e. The number of carbonyl (C=O) groups excluding carboxylic acids is 2. The third-order valence-electron chi connectivity index (χ3n) is 6.69. The zero-order chi connectivity index (χ0) is 27.4. The fourth-order valence-electron chi connectivity index (χ4n) is 4.69. The molecule has 1 N–H and O–H groups in total. The minimum Gasteiger partial charge on any atom is -0.507 e. The lowest BCUT2D eigenvalue weighted by Gasteiger charge is -2.25. The van der Waals surface area contributed by atoms with Gasteiger partial charge in [-0.25, -0.2) is 0 Å². The first-order chi connectivity index (χ1) is 18.9. The zero-order valence-electron chi connectivity index (χ0n) is 21.7. The minimum atomic E-state index is -0.777. The molecule has 0 saturated carbocycles. The van der Waals surface area contributed by atoms with Crippen LogP contribution in [0.25, 0.3) is 5.76 Å². The molecule has 1 aromatic heterocycles. The number of aryl methyl sites for hydroxylation is 1. The highest BCUT2D eigenvalue weighted by Gasteiger charge is 2.46. The number of methoxy groups -OCH3 is 1. The van der Waals surface area contributed by atoms with Crippen LogP contribution >= 0.6 is 0 Å². The van der Waals surface area contributed by atoms with Crippen molar-refractivity contribution < 1.29 is 24.2 Å². The van der Waals surface area contributed by atoms with E-state index < -0.39 is 17.7 Å². The number of ether oxygens (including phenoxy) is 2. The van der Waals surface area contributed by atoms with E-state index in [-0.39, 0.29) is 17.9 Å². The molecule has 1 amide bonds. The molecule has 2 heterocycles. The van der Waals surface area contributed by atoms with Crippen molar-refractivity contribution in [3.05, 3.63) is 131 Å². The molecule has 1 atom stereocenters. The van der Waals surface area contributed by atoms with E-state index in [0.29, 0.717) is 29.2 Å². The smallest absolute Gasteiger partial charge is 0.295 e. The Kier molecular flexibility index (Phi) is 7.41. The zero-order valence-corrected chi connectivity index (χ0v) is 21.7. The summed E-state index contributed by atoms with van der Waals surface area (Å²) in [6.45, 7) is 2.62. The van der Waals surface area contributed by atoms with Gasteiger partial charge in [-0.05, 0) is 72.1 Å². The molecule has 0 unspecified atom stereocenters. The number of Topliss-reactive ketones (excluding diaryl/α,β-unsaturated/α-hetero) is 1. The minimum absolute atomic E-state index is 0.0349. The average Bonchev–Trinajstić information content (AvgIpc) is 3.21. The Balaban J connectivity index is 1.47. The van der Waals surface area contributed by atoms with Crippen molar-refractivity contribution in [1.29, 1.82) is 0 Å². The number of rotatable bonds is 8. The van der Waals surface area contributed by atoms with Crippen molar-refractivity contribution in [3.8, 4) is 11.5 Å². The van der Waals surface area contributed by atoms with Crippen molar-refractivity contribution in [1.82, 2.24) is 9.88 Å². The van der Waals surface area contributed by atoms with E-state index in [1.54, 1.807) is 80.2 Å². The van der Waals surface area contributed by atoms with E-state index in [9.17, 15) is 14.7 Å². The third kappa shape index (κ3) is 5.52. The number of amides is 1. The van der Waals surface area contributed by atoms with Gasteiger partial charge in [0, 0.05) is 24.5 Å². The van der Waals surface area contributed by atoms with Crippen LogP contribution in [0.1, 0.15) is 33.9 Å². The molecular formula is C32H28N2O5. The lowest BCUT2D eigenvalue weighted by Crippen LogP contribution is -2.29. The van der Waals surface area contributed by atoms with Crippen molar-refractivity contribution in [3.63, 3.8) is 0 Å². The highest BCUT2D eigenvalue weighted by atomic mass is 16.5. The van der Waals surface area contributed by atoms with Gasteiger partial charge in [0.15, 0.2) is 0 Å². The maximum atomic E-state index is 13.3. The molecule has 1 fully saturated rings. The van der Waals surface area contributed by atoms with Crippen LogP contribution < -0.4 is 9.47 Å². The SMILES string of the molecule is COc1ccc([C@H]2/C(=C(\O)c3ccc(OCc4cccc(C)c4)cc3)C(=O)C(=O)N2Cc2ccncc2)cc1. The molecule has 1 aliphatic heterocycles. The van der Waals surface area contributed by atoms with E-state index >= 15 is 0 Å². The molecule has 0 aliphatic carbocycles. The van der Waals surface area contributed by atoms with E-state index in [0.717, 1.165) is 16.7 Å². The van der Waals surface area contributed by atoms with Crippen LogP contribution in [0.5, 0.6) is 11.5 Å². The van der Waals surface area contributed by atoms with Crippen LogP contribution in [-0.4, -0.2) is 33.8 Å². The number of likely N-dealkylation sites (tertiary alicyclic amines) is 1. The second-order valence-corrected chi connectivity index (χ2v) is 9.36. The number of aliphatic hydroxyl groups is 1. The van der Waals surface area contributed by atoms with Crippen LogP contribution in [0.15, 0.2) is 103 Å². The lowest BCUT2D eigenvalue weighted by molar-refractivity contribution is -0.140. The van der Waals surface area contributed by atoms with Crippen LogP contribution in [0.4, 0.5) is 0 Å². The number of nitrogens with zero attached hydrogens (tertiary/aromatic N) is 2. The molecule has 0 bridgehead atoms.